The number of thioether (sulfide) groups is 1. The van der Waals surface area contributed by atoms with Crippen LogP contribution in [0.15, 0.2) is 54.2 Å². The first kappa shape index (κ1) is 25.5. The number of carbonyl (C=O) groups is 1. The van der Waals surface area contributed by atoms with Gasteiger partial charge in [-0.3, -0.25) is 19.5 Å². The van der Waals surface area contributed by atoms with Crippen LogP contribution in [-0.4, -0.2) is 31.3 Å². The Kier molecular flexibility index (Phi) is 8.54. The lowest BCUT2D eigenvalue weighted by molar-refractivity contribution is -0.384. The Morgan fingerprint density at radius 3 is 2.74 bits per heavy atom. The second kappa shape index (κ2) is 11.4. The molecule has 12 heteroatoms. The van der Waals surface area contributed by atoms with Crippen LogP contribution < -0.4 is 10.1 Å². The van der Waals surface area contributed by atoms with Crippen LogP contribution in [0.1, 0.15) is 24.4 Å². The molecule has 178 valence electrons. The topological polar surface area (TPSA) is 112 Å². The maximum absolute atomic E-state index is 12.4. The first-order chi connectivity index (χ1) is 16.2. The molecule has 2 aromatic carbocycles. The number of aryl methyl sites for hydroxylation is 1. The van der Waals surface area contributed by atoms with Crippen LogP contribution in [0.25, 0.3) is 0 Å². The molecule has 3 aromatic rings. The zero-order chi connectivity index (χ0) is 24.8. The third-order valence-corrected chi connectivity index (χ3v) is 6.17. The molecule has 0 saturated carbocycles. The molecule has 1 N–H and O–H groups in total. The number of halogens is 2. The van der Waals surface area contributed by atoms with Gasteiger partial charge in [0.15, 0.2) is 17.1 Å². The lowest BCUT2D eigenvalue weighted by Crippen LogP contribution is -2.15. The number of aromatic nitrogens is 3. The van der Waals surface area contributed by atoms with Crippen molar-refractivity contribution in [2.45, 2.75) is 31.7 Å². The first-order valence-electron chi connectivity index (χ1n) is 10.0. The maximum atomic E-state index is 12.4. The van der Waals surface area contributed by atoms with E-state index in [1.165, 1.54) is 30.0 Å². The number of amides is 1. The molecule has 1 heterocycles. The summed E-state index contributed by atoms with van der Waals surface area (Å²) < 4.78 is 7.81. The number of nitro groups is 1. The van der Waals surface area contributed by atoms with E-state index in [1.54, 1.807) is 16.7 Å². The summed E-state index contributed by atoms with van der Waals surface area (Å²) in [5.74, 6) is 0.721. The minimum absolute atomic E-state index is 0.00461. The van der Waals surface area contributed by atoms with E-state index < -0.39 is 11.0 Å². The molecule has 1 unspecified atom stereocenters. The average molecular weight is 522 g/mol. The third kappa shape index (κ3) is 6.28. The van der Waals surface area contributed by atoms with E-state index in [2.05, 4.69) is 22.1 Å². The standard InChI is InChI=1S/C22H21Cl2N5O4S/c1-4-9-28-21(14(3)33-19-10-13(2)5-7-17(19)24)26-27-22(28)34-12-20(30)25-15-6-8-16(23)18(11-15)29(31)32/h4-8,10-11,14H,1,9,12H2,2-3H3,(H,25,30). The number of nitro benzene ring substituents is 1. The number of nitrogens with one attached hydrogen (secondary N) is 1. The summed E-state index contributed by atoms with van der Waals surface area (Å²) in [5, 5.41) is 23.1. The highest BCUT2D eigenvalue weighted by Gasteiger charge is 2.21. The van der Waals surface area contributed by atoms with E-state index in [4.69, 9.17) is 27.9 Å². The zero-order valence-electron chi connectivity index (χ0n) is 18.3. The number of nitrogens with zero attached hydrogens (tertiary/aromatic N) is 4. The molecule has 0 fully saturated rings. The Morgan fingerprint density at radius 2 is 2.03 bits per heavy atom. The van der Waals surface area contributed by atoms with Crippen molar-refractivity contribution in [2.75, 3.05) is 11.1 Å². The Hall–Kier alpha value is -3.08. The van der Waals surface area contributed by atoms with Crippen LogP contribution in [0.3, 0.4) is 0 Å². The highest BCUT2D eigenvalue weighted by Crippen LogP contribution is 2.31. The SMILES string of the molecule is C=CCn1c(SCC(=O)Nc2ccc(Cl)c([N+](=O)[O-])c2)nnc1C(C)Oc1cc(C)ccc1Cl. The van der Waals surface area contributed by atoms with Gasteiger partial charge in [0.25, 0.3) is 5.69 Å². The van der Waals surface area contributed by atoms with Crippen molar-refractivity contribution in [3.05, 3.63) is 80.6 Å². The molecule has 0 saturated heterocycles. The highest BCUT2D eigenvalue weighted by atomic mass is 35.5. The number of hydrogen-bond acceptors (Lipinski definition) is 7. The smallest absolute Gasteiger partial charge is 0.289 e. The van der Waals surface area contributed by atoms with Crippen LogP contribution in [0, 0.1) is 17.0 Å². The van der Waals surface area contributed by atoms with E-state index >= 15 is 0 Å². The van der Waals surface area contributed by atoms with Crippen molar-refractivity contribution in [3.8, 4) is 5.75 Å². The number of ether oxygens (including phenoxy) is 1. The molecule has 0 aliphatic carbocycles. The number of benzene rings is 2. The first-order valence-corrected chi connectivity index (χ1v) is 11.8. The summed E-state index contributed by atoms with van der Waals surface area (Å²) in [7, 11) is 0. The van der Waals surface area contributed by atoms with E-state index in [0.717, 1.165) is 5.56 Å². The summed E-state index contributed by atoms with van der Waals surface area (Å²) in [6.45, 7) is 7.95. The van der Waals surface area contributed by atoms with Crippen molar-refractivity contribution in [1.82, 2.24) is 14.8 Å². The summed E-state index contributed by atoms with van der Waals surface area (Å²) in [4.78, 5) is 22.8. The van der Waals surface area contributed by atoms with Gasteiger partial charge in [0, 0.05) is 18.3 Å². The van der Waals surface area contributed by atoms with Crippen LogP contribution in [0.4, 0.5) is 11.4 Å². The maximum Gasteiger partial charge on any atom is 0.289 e. The van der Waals surface area contributed by atoms with Gasteiger partial charge in [0.1, 0.15) is 10.8 Å². The predicted molar refractivity (Wildman–Crippen MR) is 133 cm³/mol. The predicted octanol–water partition coefficient (Wildman–Crippen LogP) is 5.86. The molecule has 0 bridgehead atoms. The summed E-state index contributed by atoms with van der Waals surface area (Å²) >= 11 is 13.2. The minimum atomic E-state index is -0.612. The fourth-order valence-corrected chi connectivity index (χ4v) is 4.11. The molecule has 0 aliphatic heterocycles. The molecule has 0 radical (unpaired) electrons. The van der Waals surface area contributed by atoms with E-state index in [1.807, 2.05) is 26.0 Å². The van der Waals surface area contributed by atoms with Gasteiger partial charge in [0.05, 0.1) is 15.7 Å². The average Bonchev–Trinajstić information content (AvgIpc) is 3.19. The van der Waals surface area contributed by atoms with Crippen molar-refractivity contribution in [2.24, 2.45) is 0 Å². The Morgan fingerprint density at radius 1 is 1.29 bits per heavy atom. The van der Waals surface area contributed by atoms with Crippen LogP contribution >= 0.6 is 35.0 Å². The van der Waals surface area contributed by atoms with Crippen LogP contribution in [0.2, 0.25) is 10.0 Å². The van der Waals surface area contributed by atoms with Crippen molar-refractivity contribution in [1.29, 1.82) is 0 Å². The Balaban J connectivity index is 1.70. The normalized spacial score (nSPS) is 11.6. The zero-order valence-corrected chi connectivity index (χ0v) is 20.7. The lowest BCUT2D eigenvalue weighted by Gasteiger charge is -2.17. The van der Waals surface area contributed by atoms with Crippen LogP contribution in [0.5, 0.6) is 5.75 Å². The third-order valence-electron chi connectivity index (χ3n) is 4.57. The number of allylic oxidation sites excluding steroid dienone is 1. The number of anilines is 1. The number of hydrogen-bond donors (Lipinski definition) is 1. The van der Waals surface area contributed by atoms with E-state index in [9.17, 15) is 14.9 Å². The summed E-state index contributed by atoms with van der Waals surface area (Å²) in [6, 6.07) is 9.56. The number of carbonyl (C=O) groups excluding carboxylic acids is 1. The molecule has 0 aliphatic rings. The van der Waals surface area contributed by atoms with Crippen molar-refractivity contribution in [3.63, 3.8) is 0 Å². The van der Waals surface area contributed by atoms with E-state index in [-0.39, 0.29) is 28.1 Å². The van der Waals surface area contributed by atoms with Gasteiger partial charge >= 0.3 is 0 Å². The minimum Gasteiger partial charge on any atom is -0.481 e. The monoisotopic (exact) mass is 521 g/mol. The molecular formula is C22H21Cl2N5O4S. The van der Waals surface area contributed by atoms with Crippen LogP contribution in [-0.2, 0) is 11.3 Å². The molecule has 0 spiro atoms. The number of rotatable bonds is 10. The molecule has 1 atom stereocenters. The van der Waals surface area contributed by atoms with E-state index in [0.29, 0.717) is 28.3 Å². The quantitative estimate of drug-likeness (QED) is 0.154. The van der Waals surface area contributed by atoms with Gasteiger partial charge in [-0.2, -0.15) is 0 Å². The van der Waals surface area contributed by atoms with Gasteiger partial charge in [-0.15, -0.1) is 16.8 Å². The molecule has 9 nitrogen and oxygen atoms in total. The molecule has 1 amide bonds. The Bertz CT molecular complexity index is 1230. The Labute approximate surface area is 210 Å². The van der Waals surface area contributed by atoms with Gasteiger partial charge in [0.2, 0.25) is 5.91 Å². The summed E-state index contributed by atoms with van der Waals surface area (Å²) in [6.07, 6.45) is 1.22. The fourth-order valence-electron chi connectivity index (χ4n) is 3.01. The largest absolute Gasteiger partial charge is 0.481 e. The van der Waals surface area contributed by atoms with Gasteiger partial charge < -0.3 is 10.1 Å². The van der Waals surface area contributed by atoms with Gasteiger partial charge in [-0.05, 0) is 43.7 Å². The van der Waals surface area contributed by atoms with Crippen molar-refractivity contribution < 1.29 is 14.5 Å². The molecule has 34 heavy (non-hydrogen) atoms. The second-order valence-corrected chi connectivity index (χ2v) is 8.95. The molecular weight excluding hydrogens is 501 g/mol. The van der Waals surface area contributed by atoms with Gasteiger partial charge in [-0.25, -0.2) is 0 Å². The second-order valence-electron chi connectivity index (χ2n) is 7.19. The molecule has 3 rings (SSSR count). The van der Waals surface area contributed by atoms with Gasteiger partial charge in [-0.1, -0.05) is 47.1 Å². The highest BCUT2D eigenvalue weighted by molar-refractivity contribution is 7.99. The van der Waals surface area contributed by atoms with Crippen molar-refractivity contribution >= 4 is 52.2 Å². The lowest BCUT2D eigenvalue weighted by atomic mass is 10.2. The fraction of sp³-hybridized carbons (Fsp3) is 0.227. The summed E-state index contributed by atoms with van der Waals surface area (Å²) in [5.41, 5.74) is 0.990. The molecule has 1 aromatic heterocycles.